The van der Waals surface area contributed by atoms with Crippen molar-refractivity contribution in [3.05, 3.63) is 117 Å². The zero-order valence-electron chi connectivity index (χ0n) is 26.6. The Kier molecular flexibility index (Phi) is 11.1. The van der Waals surface area contributed by atoms with E-state index in [1.165, 1.54) is 55.6 Å². The van der Waals surface area contributed by atoms with Gasteiger partial charge in [-0.15, -0.1) is 0 Å². The summed E-state index contributed by atoms with van der Waals surface area (Å²) in [7, 11) is 1.27. The van der Waals surface area contributed by atoms with Gasteiger partial charge in [-0.25, -0.2) is 4.79 Å². The number of nitro benzene ring substituents is 1. The number of amides is 2. The molecule has 0 atom stereocenters. The molecule has 0 saturated carbocycles. The number of ether oxygens (including phenoxy) is 4. The molecule has 244 valence electrons. The van der Waals surface area contributed by atoms with E-state index in [-0.39, 0.29) is 64.1 Å². The first kappa shape index (κ1) is 34.0. The maximum Gasteiger partial charge on any atom is 0.337 e. The van der Waals surface area contributed by atoms with Crippen LogP contribution in [0, 0.1) is 10.1 Å². The van der Waals surface area contributed by atoms with Crippen LogP contribution in [-0.2, 0) is 11.3 Å². The molecule has 0 aliphatic heterocycles. The van der Waals surface area contributed by atoms with Crippen LogP contribution < -0.4 is 24.8 Å². The van der Waals surface area contributed by atoms with Gasteiger partial charge >= 0.3 is 11.7 Å². The highest BCUT2D eigenvalue weighted by Gasteiger charge is 2.21. The van der Waals surface area contributed by atoms with Crippen molar-refractivity contribution in [1.29, 1.82) is 0 Å². The van der Waals surface area contributed by atoms with Crippen LogP contribution in [0.5, 0.6) is 17.2 Å². The molecular weight excluding hydrogens is 606 g/mol. The van der Waals surface area contributed by atoms with Crippen LogP contribution in [0.25, 0.3) is 0 Å². The zero-order valence-corrected chi connectivity index (χ0v) is 26.6. The Morgan fingerprint density at radius 3 is 1.70 bits per heavy atom. The van der Waals surface area contributed by atoms with Crippen molar-refractivity contribution in [3.8, 4) is 17.2 Å². The first-order valence-corrected chi connectivity index (χ1v) is 14.7. The minimum atomic E-state index is -0.578. The third-order valence-electron chi connectivity index (χ3n) is 6.52. The fourth-order valence-electron chi connectivity index (χ4n) is 4.39. The summed E-state index contributed by atoms with van der Waals surface area (Å²) < 4.78 is 22.3. The van der Waals surface area contributed by atoms with E-state index in [9.17, 15) is 24.5 Å². The Labute approximate surface area is 271 Å². The van der Waals surface area contributed by atoms with E-state index in [0.29, 0.717) is 5.69 Å². The van der Waals surface area contributed by atoms with Gasteiger partial charge in [0.1, 0.15) is 18.1 Å². The predicted octanol–water partition coefficient (Wildman–Crippen LogP) is 7.04. The average Bonchev–Trinajstić information content (AvgIpc) is 3.04. The van der Waals surface area contributed by atoms with E-state index in [0.717, 1.165) is 5.56 Å². The Morgan fingerprint density at radius 2 is 1.19 bits per heavy atom. The van der Waals surface area contributed by atoms with Crippen LogP contribution in [-0.4, -0.2) is 42.0 Å². The van der Waals surface area contributed by atoms with Crippen LogP contribution in [0.4, 0.5) is 17.1 Å². The van der Waals surface area contributed by atoms with Gasteiger partial charge < -0.3 is 29.6 Å². The fraction of sp³-hybridized carbons (Fsp3) is 0.229. The molecule has 0 aliphatic rings. The topological polar surface area (TPSA) is 155 Å². The number of carbonyl (C=O) groups is 3. The largest absolute Gasteiger partial charge is 0.489 e. The van der Waals surface area contributed by atoms with Gasteiger partial charge in [0.25, 0.3) is 11.8 Å². The van der Waals surface area contributed by atoms with Gasteiger partial charge in [0.15, 0.2) is 5.75 Å². The van der Waals surface area contributed by atoms with Crippen LogP contribution in [0.1, 0.15) is 64.3 Å². The van der Waals surface area contributed by atoms with Crippen molar-refractivity contribution in [2.75, 3.05) is 17.7 Å². The molecule has 2 N–H and O–H groups in total. The Hall–Kier alpha value is -5.91. The molecule has 4 aromatic rings. The Morgan fingerprint density at radius 1 is 0.702 bits per heavy atom. The molecule has 2 amide bonds. The fourth-order valence-corrected chi connectivity index (χ4v) is 4.39. The number of methoxy groups -OCH3 is 1. The number of anilines is 2. The molecular formula is C35H35N3O9. The Bertz CT molecular complexity index is 1770. The van der Waals surface area contributed by atoms with Crippen molar-refractivity contribution in [3.63, 3.8) is 0 Å². The van der Waals surface area contributed by atoms with Crippen molar-refractivity contribution in [2.45, 2.75) is 46.5 Å². The molecule has 0 spiro atoms. The Balaban J connectivity index is 1.57. The third-order valence-corrected chi connectivity index (χ3v) is 6.52. The number of esters is 1. The number of benzene rings is 4. The number of nitro groups is 1. The highest BCUT2D eigenvalue weighted by molar-refractivity contribution is 6.08. The molecule has 0 saturated heterocycles. The molecule has 0 fully saturated rings. The van der Waals surface area contributed by atoms with Gasteiger partial charge in [0, 0.05) is 23.3 Å². The van der Waals surface area contributed by atoms with Crippen molar-refractivity contribution in [1.82, 2.24) is 0 Å². The summed E-state index contributed by atoms with van der Waals surface area (Å²) in [5.74, 6) is -1.16. The summed E-state index contributed by atoms with van der Waals surface area (Å²) in [5, 5.41) is 17.2. The second kappa shape index (κ2) is 15.4. The first-order chi connectivity index (χ1) is 22.4. The molecule has 12 heteroatoms. The maximum absolute atomic E-state index is 13.3. The molecule has 0 aromatic heterocycles. The van der Waals surface area contributed by atoms with E-state index in [1.54, 1.807) is 19.9 Å². The second-order valence-electron chi connectivity index (χ2n) is 10.9. The summed E-state index contributed by atoms with van der Waals surface area (Å²) in [5.41, 5.74) is 1.73. The molecule has 47 heavy (non-hydrogen) atoms. The highest BCUT2D eigenvalue weighted by atomic mass is 16.6. The summed E-state index contributed by atoms with van der Waals surface area (Å²) in [6, 6.07) is 22.1. The molecule has 0 bridgehead atoms. The van der Waals surface area contributed by atoms with Gasteiger partial charge in [0.2, 0.25) is 0 Å². The number of hydrogen-bond acceptors (Lipinski definition) is 9. The molecule has 0 unspecified atom stereocenters. The minimum Gasteiger partial charge on any atom is -0.489 e. The van der Waals surface area contributed by atoms with Gasteiger partial charge in [0.05, 0.1) is 41.2 Å². The maximum atomic E-state index is 13.3. The second-order valence-corrected chi connectivity index (χ2v) is 10.9. The summed E-state index contributed by atoms with van der Waals surface area (Å²) in [6.45, 7) is 7.29. The quantitative estimate of drug-likeness (QED) is 0.0888. The third kappa shape index (κ3) is 9.07. The lowest BCUT2D eigenvalue weighted by Crippen LogP contribution is -2.17. The molecule has 4 rings (SSSR count). The normalized spacial score (nSPS) is 10.7. The van der Waals surface area contributed by atoms with Crippen LogP contribution in [0.2, 0.25) is 0 Å². The summed E-state index contributed by atoms with van der Waals surface area (Å²) in [6.07, 6.45) is -0.548. The van der Waals surface area contributed by atoms with Crippen molar-refractivity contribution in [2.24, 2.45) is 0 Å². The number of nitrogens with zero attached hydrogens (tertiary/aromatic N) is 1. The lowest BCUT2D eigenvalue weighted by molar-refractivity contribution is -0.385. The molecule has 4 aromatic carbocycles. The number of hydrogen-bond donors (Lipinski definition) is 2. The zero-order chi connectivity index (χ0) is 34.1. The van der Waals surface area contributed by atoms with E-state index in [4.69, 9.17) is 18.9 Å². The van der Waals surface area contributed by atoms with E-state index < -0.39 is 22.7 Å². The lowest BCUT2D eigenvalue weighted by Gasteiger charge is -2.18. The minimum absolute atomic E-state index is 0.0578. The summed E-state index contributed by atoms with van der Waals surface area (Å²) in [4.78, 5) is 49.7. The smallest absolute Gasteiger partial charge is 0.337 e. The van der Waals surface area contributed by atoms with Gasteiger partial charge in [-0.05, 0) is 75.7 Å². The average molecular weight is 642 g/mol. The molecule has 12 nitrogen and oxygen atoms in total. The lowest BCUT2D eigenvalue weighted by atomic mass is 10.1. The van der Waals surface area contributed by atoms with Crippen LogP contribution >= 0.6 is 0 Å². The number of rotatable bonds is 13. The monoisotopic (exact) mass is 641 g/mol. The van der Waals surface area contributed by atoms with Crippen molar-refractivity contribution < 1.29 is 38.3 Å². The van der Waals surface area contributed by atoms with Crippen LogP contribution in [0.3, 0.4) is 0 Å². The van der Waals surface area contributed by atoms with Crippen molar-refractivity contribution >= 4 is 34.8 Å². The summed E-state index contributed by atoms with van der Waals surface area (Å²) >= 11 is 0. The highest BCUT2D eigenvalue weighted by Crippen LogP contribution is 2.32. The van der Waals surface area contributed by atoms with E-state index in [1.807, 2.05) is 44.2 Å². The van der Waals surface area contributed by atoms with E-state index >= 15 is 0 Å². The standard InChI is InChI=1S/C35H35N3O9/c1-21(2)46-30-17-24(33(39)37-28-15-12-26(35(41)44-5)19-31(28)47-22(3)4)11-14-27(30)36-34(40)25-13-16-29(38(42)43)32(18-25)45-20-23-9-7-6-8-10-23/h6-19,21-22H,20H2,1-5H3,(H,36,40)(H,37,39). The van der Waals surface area contributed by atoms with Gasteiger partial charge in [-0.2, -0.15) is 0 Å². The predicted molar refractivity (Wildman–Crippen MR) is 176 cm³/mol. The van der Waals surface area contributed by atoms with E-state index in [2.05, 4.69) is 10.6 Å². The SMILES string of the molecule is COC(=O)c1ccc(NC(=O)c2ccc(NC(=O)c3ccc([N+](=O)[O-])c(OCc4ccccc4)c3)c(OC(C)C)c2)c(OC(C)C)c1. The van der Waals surface area contributed by atoms with Gasteiger partial charge in [-0.1, -0.05) is 30.3 Å². The number of nitrogens with one attached hydrogen (secondary N) is 2. The molecule has 0 heterocycles. The van der Waals surface area contributed by atoms with Gasteiger partial charge in [-0.3, -0.25) is 19.7 Å². The first-order valence-electron chi connectivity index (χ1n) is 14.7. The molecule has 0 aliphatic carbocycles. The molecule has 0 radical (unpaired) electrons. The van der Waals surface area contributed by atoms with Crippen LogP contribution in [0.15, 0.2) is 84.9 Å². The number of carbonyl (C=O) groups excluding carboxylic acids is 3.